The molecule has 0 atom stereocenters. The summed E-state index contributed by atoms with van der Waals surface area (Å²) in [6.07, 6.45) is -4.54. The summed E-state index contributed by atoms with van der Waals surface area (Å²) in [6.45, 7) is 3.97. The van der Waals surface area contributed by atoms with Crippen LogP contribution in [0.25, 0.3) is 0 Å². The van der Waals surface area contributed by atoms with E-state index >= 15 is 0 Å². The first-order chi connectivity index (χ1) is 9.71. The van der Waals surface area contributed by atoms with Crippen molar-refractivity contribution in [1.82, 2.24) is 0 Å². The van der Waals surface area contributed by atoms with Gasteiger partial charge < -0.3 is 14.8 Å². The minimum Gasteiger partial charge on any atom is -0.377 e. The van der Waals surface area contributed by atoms with Crippen molar-refractivity contribution < 1.29 is 22.6 Å². The molecule has 7 heteroatoms. The van der Waals surface area contributed by atoms with Gasteiger partial charge in [-0.25, -0.2) is 0 Å². The molecule has 114 valence electrons. The van der Waals surface area contributed by atoms with Crippen molar-refractivity contribution in [3.8, 4) is 6.07 Å². The lowest BCUT2D eigenvalue weighted by molar-refractivity contribution is -0.247. The van der Waals surface area contributed by atoms with E-state index in [4.69, 9.17) is 14.7 Å². The van der Waals surface area contributed by atoms with E-state index in [1.807, 2.05) is 0 Å². The van der Waals surface area contributed by atoms with Gasteiger partial charge in [-0.05, 0) is 32.0 Å². The Kier molecular flexibility index (Phi) is 4.12. The topological polar surface area (TPSA) is 54.3 Å². The molecule has 1 fully saturated rings. The van der Waals surface area contributed by atoms with E-state index < -0.39 is 17.5 Å². The van der Waals surface area contributed by atoms with Crippen LogP contribution in [-0.4, -0.2) is 25.0 Å². The first kappa shape index (κ1) is 15.6. The number of hydrogen-bond donors (Lipinski definition) is 1. The average Bonchev–Trinajstić information content (AvgIpc) is 2.40. The summed E-state index contributed by atoms with van der Waals surface area (Å²) < 4.78 is 49.9. The third kappa shape index (κ3) is 3.86. The van der Waals surface area contributed by atoms with Crippen LogP contribution in [0.5, 0.6) is 0 Å². The molecule has 0 bridgehead atoms. The Morgan fingerprint density at radius 2 is 1.90 bits per heavy atom. The van der Waals surface area contributed by atoms with Gasteiger partial charge in [0.05, 0.1) is 36.5 Å². The molecule has 2 rings (SSSR count). The van der Waals surface area contributed by atoms with E-state index in [-0.39, 0.29) is 30.5 Å². The van der Waals surface area contributed by atoms with Crippen LogP contribution in [0, 0.1) is 11.3 Å². The number of benzene rings is 1. The lowest BCUT2D eigenvalue weighted by Gasteiger charge is -2.35. The third-order valence-electron chi connectivity index (χ3n) is 3.08. The molecule has 1 aromatic rings. The van der Waals surface area contributed by atoms with E-state index in [0.29, 0.717) is 0 Å². The highest BCUT2D eigenvalue weighted by Crippen LogP contribution is 2.36. The number of nitriles is 1. The largest absolute Gasteiger partial charge is 0.418 e. The second-order valence-corrected chi connectivity index (χ2v) is 5.23. The second-order valence-electron chi connectivity index (χ2n) is 5.23. The number of rotatable bonds is 2. The minimum absolute atomic E-state index is 0.0369. The predicted octanol–water partition coefficient (Wildman–Crippen LogP) is 3.14. The summed E-state index contributed by atoms with van der Waals surface area (Å²) >= 11 is 0. The van der Waals surface area contributed by atoms with Gasteiger partial charge in [0.25, 0.3) is 0 Å². The monoisotopic (exact) mass is 300 g/mol. The lowest BCUT2D eigenvalue weighted by atomic mass is 10.1. The maximum atomic E-state index is 13.0. The van der Waals surface area contributed by atoms with Crippen molar-refractivity contribution in [2.75, 3.05) is 18.5 Å². The summed E-state index contributed by atoms with van der Waals surface area (Å²) in [6, 6.07) is 4.74. The number of nitrogens with one attached hydrogen (secondary N) is 1. The number of ether oxygens (including phenoxy) is 2. The Bertz CT molecular complexity index is 554. The Hall–Kier alpha value is -1.78. The van der Waals surface area contributed by atoms with E-state index in [2.05, 4.69) is 5.32 Å². The standard InChI is InChI=1S/C14H15F3N2O2/c1-13(2)20-7-10(8-21-13)19-12-4-3-9(6-18)5-11(12)14(15,16)17/h3-5,10,19H,7-8H2,1-2H3. The Morgan fingerprint density at radius 3 is 2.43 bits per heavy atom. The molecule has 0 unspecified atom stereocenters. The summed E-state index contributed by atoms with van der Waals surface area (Å²) in [7, 11) is 0. The van der Waals surface area contributed by atoms with Gasteiger partial charge in [0.15, 0.2) is 5.79 Å². The molecule has 0 aliphatic carbocycles. The molecule has 1 saturated heterocycles. The summed E-state index contributed by atoms with van der Waals surface area (Å²) in [5.74, 6) is -0.726. The highest BCUT2D eigenvalue weighted by molar-refractivity contribution is 5.56. The van der Waals surface area contributed by atoms with Crippen LogP contribution >= 0.6 is 0 Å². The van der Waals surface area contributed by atoms with Crippen molar-refractivity contribution in [2.45, 2.75) is 31.9 Å². The lowest BCUT2D eigenvalue weighted by Crippen LogP contribution is -2.45. The molecule has 0 spiro atoms. The molecular weight excluding hydrogens is 285 g/mol. The van der Waals surface area contributed by atoms with Crippen LogP contribution in [0.4, 0.5) is 18.9 Å². The van der Waals surface area contributed by atoms with Gasteiger partial charge in [-0.1, -0.05) is 0 Å². The molecule has 21 heavy (non-hydrogen) atoms. The van der Waals surface area contributed by atoms with Gasteiger partial charge in [0, 0.05) is 5.69 Å². The van der Waals surface area contributed by atoms with Gasteiger partial charge in [0.1, 0.15) is 0 Å². The van der Waals surface area contributed by atoms with Gasteiger partial charge in [0.2, 0.25) is 0 Å². The van der Waals surface area contributed by atoms with Crippen molar-refractivity contribution in [2.24, 2.45) is 0 Å². The fraction of sp³-hybridized carbons (Fsp3) is 0.500. The minimum atomic E-state index is -4.54. The van der Waals surface area contributed by atoms with Crippen molar-refractivity contribution in [1.29, 1.82) is 5.26 Å². The highest BCUT2D eigenvalue weighted by atomic mass is 19.4. The summed E-state index contributed by atoms with van der Waals surface area (Å²) in [5.41, 5.74) is -0.991. The van der Waals surface area contributed by atoms with E-state index in [1.54, 1.807) is 19.9 Å². The number of anilines is 1. The van der Waals surface area contributed by atoms with Crippen LogP contribution in [-0.2, 0) is 15.7 Å². The Morgan fingerprint density at radius 1 is 1.29 bits per heavy atom. The molecule has 0 aromatic heterocycles. The van der Waals surface area contributed by atoms with Crippen LogP contribution < -0.4 is 5.32 Å². The zero-order valence-corrected chi connectivity index (χ0v) is 11.6. The molecule has 1 aliphatic rings. The molecule has 4 nitrogen and oxygen atoms in total. The Labute approximate surface area is 120 Å². The number of hydrogen-bond acceptors (Lipinski definition) is 4. The fourth-order valence-corrected chi connectivity index (χ4v) is 1.97. The molecule has 0 radical (unpaired) electrons. The average molecular weight is 300 g/mol. The molecule has 1 aliphatic heterocycles. The predicted molar refractivity (Wildman–Crippen MR) is 69.6 cm³/mol. The maximum absolute atomic E-state index is 13.0. The van der Waals surface area contributed by atoms with Crippen LogP contribution in [0.2, 0.25) is 0 Å². The van der Waals surface area contributed by atoms with Crippen molar-refractivity contribution in [3.63, 3.8) is 0 Å². The van der Waals surface area contributed by atoms with Crippen LogP contribution in [0.15, 0.2) is 18.2 Å². The quantitative estimate of drug-likeness (QED) is 0.911. The zero-order chi connectivity index (χ0) is 15.7. The molecule has 0 amide bonds. The Balaban J connectivity index is 2.19. The van der Waals surface area contributed by atoms with Gasteiger partial charge in [-0.15, -0.1) is 0 Å². The zero-order valence-electron chi connectivity index (χ0n) is 11.6. The van der Waals surface area contributed by atoms with Gasteiger partial charge in [-0.3, -0.25) is 0 Å². The molecule has 1 aromatic carbocycles. The number of halogens is 3. The molecular formula is C14H15F3N2O2. The molecule has 0 saturated carbocycles. The molecule has 1 heterocycles. The van der Waals surface area contributed by atoms with Gasteiger partial charge >= 0.3 is 6.18 Å². The molecule has 1 N–H and O–H groups in total. The maximum Gasteiger partial charge on any atom is 0.418 e. The second kappa shape index (κ2) is 5.54. The van der Waals surface area contributed by atoms with Crippen LogP contribution in [0.1, 0.15) is 25.0 Å². The van der Waals surface area contributed by atoms with Crippen molar-refractivity contribution in [3.05, 3.63) is 29.3 Å². The third-order valence-corrected chi connectivity index (χ3v) is 3.08. The first-order valence-electron chi connectivity index (χ1n) is 6.37. The van der Waals surface area contributed by atoms with Crippen LogP contribution in [0.3, 0.4) is 0 Å². The smallest absolute Gasteiger partial charge is 0.377 e. The van der Waals surface area contributed by atoms with Crippen molar-refractivity contribution >= 4 is 5.69 Å². The van der Waals surface area contributed by atoms with E-state index in [9.17, 15) is 13.2 Å². The van der Waals surface area contributed by atoms with E-state index in [1.165, 1.54) is 12.1 Å². The normalized spacial score (nSPS) is 19.0. The SMILES string of the molecule is CC1(C)OCC(Nc2ccc(C#N)cc2C(F)(F)F)CO1. The fourth-order valence-electron chi connectivity index (χ4n) is 1.97. The number of alkyl halides is 3. The summed E-state index contributed by atoms with van der Waals surface area (Å²) in [5, 5.41) is 11.5. The summed E-state index contributed by atoms with van der Waals surface area (Å²) in [4.78, 5) is 0. The first-order valence-corrected chi connectivity index (χ1v) is 6.37. The van der Waals surface area contributed by atoms with E-state index in [0.717, 1.165) is 6.07 Å². The van der Waals surface area contributed by atoms with Gasteiger partial charge in [-0.2, -0.15) is 18.4 Å². The highest BCUT2D eigenvalue weighted by Gasteiger charge is 2.35. The number of nitrogens with zero attached hydrogens (tertiary/aromatic N) is 1.